The average molecular weight is 474 g/mol. The fourth-order valence-electron chi connectivity index (χ4n) is 3.21. The number of aromatic nitrogens is 2. The Morgan fingerprint density at radius 2 is 1.82 bits per heavy atom. The molecule has 4 aromatic rings. The first-order chi connectivity index (χ1) is 16.5. The van der Waals surface area contributed by atoms with E-state index in [2.05, 4.69) is 20.7 Å². The Hall–Kier alpha value is -4.10. The van der Waals surface area contributed by atoms with Crippen molar-refractivity contribution in [2.45, 2.75) is 6.61 Å². The maximum absolute atomic E-state index is 12.5. The SMILES string of the molecule is CN(C)c1ccc(/C=N/NC(=O)c2cc(-c3ccccc3OCc3ccc(Cl)cc3)n[nH]2)cc1. The predicted octanol–water partition coefficient (Wildman–Crippen LogP) is 5.14. The van der Waals surface area contributed by atoms with Crippen LogP contribution in [0.25, 0.3) is 11.3 Å². The molecular weight excluding hydrogens is 450 g/mol. The summed E-state index contributed by atoms with van der Waals surface area (Å²) in [5.41, 5.74) is 7.15. The minimum absolute atomic E-state index is 0.294. The van der Waals surface area contributed by atoms with Crippen LogP contribution in [0.5, 0.6) is 5.75 Å². The summed E-state index contributed by atoms with van der Waals surface area (Å²) in [5, 5.41) is 11.8. The zero-order valence-corrected chi connectivity index (χ0v) is 19.6. The van der Waals surface area contributed by atoms with Crippen molar-refractivity contribution < 1.29 is 9.53 Å². The molecule has 8 heteroatoms. The van der Waals surface area contributed by atoms with E-state index in [0.717, 1.165) is 22.4 Å². The zero-order chi connectivity index (χ0) is 23.9. The van der Waals surface area contributed by atoms with Gasteiger partial charge in [-0.25, -0.2) is 5.43 Å². The van der Waals surface area contributed by atoms with Gasteiger partial charge in [0.05, 0.1) is 11.9 Å². The maximum atomic E-state index is 12.5. The summed E-state index contributed by atoms with van der Waals surface area (Å²) in [4.78, 5) is 14.5. The van der Waals surface area contributed by atoms with Gasteiger partial charge in [-0.1, -0.05) is 48.0 Å². The molecule has 4 rings (SSSR count). The summed E-state index contributed by atoms with van der Waals surface area (Å²) in [5.74, 6) is 0.273. The molecule has 0 aliphatic rings. The molecule has 0 fully saturated rings. The van der Waals surface area contributed by atoms with E-state index in [-0.39, 0.29) is 5.91 Å². The number of nitrogens with one attached hydrogen (secondary N) is 2. The van der Waals surface area contributed by atoms with Crippen LogP contribution >= 0.6 is 11.6 Å². The Morgan fingerprint density at radius 1 is 1.09 bits per heavy atom. The number of halogens is 1. The van der Waals surface area contributed by atoms with Crippen LogP contribution in [0.4, 0.5) is 5.69 Å². The van der Waals surface area contributed by atoms with Gasteiger partial charge in [0, 0.05) is 30.4 Å². The van der Waals surface area contributed by atoms with Gasteiger partial charge in [0.2, 0.25) is 0 Å². The molecule has 0 aliphatic heterocycles. The monoisotopic (exact) mass is 473 g/mol. The van der Waals surface area contributed by atoms with Gasteiger partial charge in [0.25, 0.3) is 5.91 Å². The van der Waals surface area contributed by atoms with Crippen molar-refractivity contribution in [1.82, 2.24) is 15.6 Å². The standard InChI is InChI=1S/C26H24ClN5O2/c1-32(2)21-13-9-18(10-14-21)16-28-31-26(33)24-15-23(29-30-24)22-5-3-4-6-25(22)34-17-19-7-11-20(27)12-8-19/h3-16H,17H2,1-2H3,(H,29,30)(H,31,33)/b28-16+. The van der Waals surface area contributed by atoms with Crippen molar-refractivity contribution in [1.29, 1.82) is 0 Å². The quantitative estimate of drug-likeness (QED) is 0.274. The van der Waals surface area contributed by atoms with Crippen molar-refractivity contribution in [3.8, 4) is 17.0 Å². The number of aromatic amines is 1. The summed E-state index contributed by atoms with van der Waals surface area (Å²) in [6, 6.07) is 24.5. The molecular formula is C26H24ClN5O2. The van der Waals surface area contributed by atoms with E-state index in [1.807, 2.05) is 91.8 Å². The van der Waals surface area contributed by atoms with E-state index in [9.17, 15) is 4.79 Å². The number of benzene rings is 3. The molecule has 1 amide bonds. The molecule has 2 N–H and O–H groups in total. The number of para-hydroxylation sites is 1. The van der Waals surface area contributed by atoms with Crippen LogP contribution in [0.2, 0.25) is 5.02 Å². The third-order valence-corrected chi connectivity index (χ3v) is 5.33. The number of hydrogen-bond donors (Lipinski definition) is 2. The summed E-state index contributed by atoms with van der Waals surface area (Å²) < 4.78 is 6.00. The van der Waals surface area contributed by atoms with E-state index < -0.39 is 0 Å². The van der Waals surface area contributed by atoms with Gasteiger partial charge in [-0.3, -0.25) is 9.89 Å². The van der Waals surface area contributed by atoms with Gasteiger partial charge in [0.1, 0.15) is 18.1 Å². The number of nitrogens with zero attached hydrogens (tertiary/aromatic N) is 3. The maximum Gasteiger partial charge on any atom is 0.289 e. The molecule has 0 saturated heterocycles. The van der Waals surface area contributed by atoms with Crippen LogP contribution in [-0.4, -0.2) is 36.4 Å². The number of hydrazone groups is 1. The van der Waals surface area contributed by atoms with Crippen LogP contribution in [0.3, 0.4) is 0 Å². The second-order valence-electron chi connectivity index (χ2n) is 7.76. The van der Waals surface area contributed by atoms with Crippen molar-refractivity contribution in [2.75, 3.05) is 19.0 Å². The highest BCUT2D eigenvalue weighted by Gasteiger charge is 2.14. The molecule has 7 nitrogen and oxygen atoms in total. The largest absolute Gasteiger partial charge is 0.488 e. The van der Waals surface area contributed by atoms with Crippen LogP contribution in [0, 0.1) is 0 Å². The van der Waals surface area contributed by atoms with Crippen LogP contribution < -0.4 is 15.1 Å². The van der Waals surface area contributed by atoms with E-state index in [1.54, 1.807) is 12.3 Å². The minimum Gasteiger partial charge on any atom is -0.488 e. The second-order valence-corrected chi connectivity index (χ2v) is 8.20. The number of amides is 1. The lowest BCUT2D eigenvalue weighted by Gasteiger charge is -2.11. The first kappa shape index (κ1) is 23.1. The molecule has 1 aromatic heterocycles. The van der Waals surface area contributed by atoms with Gasteiger partial charge in [0.15, 0.2) is 0 Å². The Bertz CT molecular complexity index is 1280. The molecule has 34 heavy (non-hydrogen) atoms. The number of carbonyl (C=O) groups is 1. The van der Waals surface area contributed by atoms with Crippen molar-refractivity contribution >= 4 is 29.4 Å². The highest BCUT2D eigenvalue weighted by Crippen LogP contribution is 2.29. The first-order valence-electron chi connectivity index (χ1n) is 10.6. The number of ether oxygens (including phenoxy) is 1. The lowest BCUT2D eigenvalue weighted by molar-refractivity contribution is 0.0950. The number of H-pyrrole nitrogens is 1. The summed E-state index contributed by atoms with van der Waals surface area (Å²) >= 11 is 5.95. The van der Waals surface area contributed by atoms with Gasteiger partial charge >= 0.3 is 0 Å². The molecule has 0 spiro atoms. The lowest BCUT2D eigenvalue weighted by Crippen LogP contribution is -2.18. The third kappa shape index (κ3) is 5.82. The van der Waals surface area contributed by atoms with Crippen LogP contribution in [0.15, 0.2) is 84.0 Å². The lowest BCUT2D eigenvalue weighted by atomic mass is 10.1. The smallest absolute Gasteiger partial charge is 0.289 e. The highest BCUT2D eigenvalue weighted by molar-refractivity contribution is 6.30. The third-order valence-electron chi connectivity index (χ3n) is 5.08. The van der Waals surface area contributed by atoms with Crippen molar-refractivity contribution in [3.05, 3.63) is 101 Å². The normalized spacial score (nSPS) is 10.9. The van der Waals surface area contributed by atoms with Crippen LogP contribution in [0.1, 0.15) is 21.6 Å². The molecule has 0 bridgehead atoms. The Kier molecular flexibility index (Phi) is 7.25. The van der Waals surface area contributed by atoms with Crippen molar-refractivity contribution in [3.63, 3.8) is 0 Å². The molecule has 0 atom stereocenters. The van der Waals surface area contributed by atoms with Crippen molar-refractivity contribution in [2.24, 2.45) is 5.10 Å². The molecule has 1 heterocycles. The van der Waals surface area contributed by atoms with E-state index in [4.69, 9.17) is 16.3 Å². The zero-order valence-electron chi connectivity index (χ0n) is 18.8. The average Bonchev–Trinajstić information content (AvgIpc) is 3.34. The molecule has 0 radical (unpaired) electrons. The Balaban J connectivity index is 1.40. The van der Waals surface area contributed by atoms with Gasteiger partial charge in [-0.15, -0.1) is 0 Å². The Morgan fingerprint density at radius 3 is 2.56 bits per heavy atom. The van der Waals surface area contributed by atoms with E-state index >= 15 is 0 Å². The molecule has 0 saturated carbocycles. The number of rotatable bonds is 8. The molecule has 3 aromatic carbocycles. The van der Waals surface area contributed by atoms with Crippen LogP contribution in [-0.2, 0) is 6.61 Å². The molecule has 0 aliphatic carbocycles. The second kappa shape index (κ2) is 10.7. The number of carbonyl (C=O) groups excluding carboxylic acids is 1. The summed E-state index contributed by atoms with van der Waals surface area (Å²) in [6.45, 7) is 0.385. The highest BCUT2D eigenvalue weighted by atomic mass is 35.5. The topological polar surface area (TPSA) is 82.6 Å². The van der Waals surface area contributed by atoms with E-state index in [0.29, 0.717) is 28.8 Å². The van der Waals surface area contributed by atoms with Gasteiger partial charge in [-0.05, 0) is 53.6 Å². The van der Waals surface area contributed by atoms with Gasteiger partial charge < -0.3 is 9.64 Å². The molecule has 172 valence electrons. The fourth-order valence-corrected chi connectivity index (χ4v) is 3.33. The first-order valence-corrected chi connectivity index (χ1v) is 11.0. The van der Waals surface area contributed by atoms with E-state index in [1.165, 1.54) is 0 Å². The predicted molar refractivity (Wildman–Crippen MR) is 136 cm³/mol. The number of anilines is 1. The fraction of sp³-hybridized carbons (Fsp3) is 0.115. The minimum atomic E-state index is -0.389. The molecule has 0 unspecified atom stereocenters. The number of hydrogen-bond acceptors (Lipinski definition) is 5. The summed E-state index contributed by atoms with van der Waals surface area (Å²) in [7, 11) is 3.96. The summed E-state index contributed by atoms with van der Waals surface area (Å²) in [6.07, 6.45) is 1.59. The van der Waals surface area contributed by atoms with Gasteiger partial charge in [-0.2, -0.15) is 10.2 Å². The Labute approximate surface area is 203 Å².